The second-order valence-corrected chi connectivity index (χ2v) is 20.1. The first kappa shape index (κ1) is 52.2. The fourth-order valence-corrected chi connectivity index (χ4v) is 11.8. The number of anilines is 3. The summed E-state index contributed by atoms with van der Waals surface area (Å²) >= 11 is 0. The van der Waals surface area contributed by atoms with E-state index in [4.69, 9.17) is 18.9 Å². The summed E-state index contributed by atoms with van der Waals surface area (Å²) in [5, 5.41) is 24.8. The number of methoxy groups -OCH3 is 1. The molecule has 4 amide bonds. The first-order valence-corrected chi connectivity index (χ1v) is 26.3. The van der Waals surface area contributed by atoms with Crippen LogP contribution >= 0.6 is 0 Å². The van der Waals surface area contributed by atoms with E-state index in [0.29, 0.717) is 59.8 Å². The number of amides is 4. The van der Waals surface area contributed by atoms with Crippen LogP contribution in [0.25, 0.3) is 11.0 Å². The van der Waals surface area contributed by atoms with E-state index in [1.807, 2.05) is 102 Å². The van der Waals surface area contributed by atoms with Crippen molar-refractivity contribution in [2.75, 3.05) is 61.7 Å². The second-order valence-electron chi connectivity index (χ2n) is 20.1. The lowest BCUT2D eigenvalue weighted by atomic mass is 9.65. The number of benzene rings is 6. The molecule has 18 nitrogen and oxygen atoms in total. The molecule has 0 aliphatic carbocycles. The van der Waals surface area contributed by atoms with Crippen LogP contribution in [0, 0.1) is 23.7 Å². The van der Waals surface area contributed by atoms with Crippen LogP contribution in [-0.4, -0.2) is 113 Å². The zero-order chi connectivity index (χ0) is 54.8. The Hall–Kier alpha value is -8.89. The fraction of sp³-hybridized carbons (Fsp3) is 0.295. The Morgan fingerprint density at radius 2 is 1.53 bits per heavy atom. The van der Waals surface area contributed by atoms with E-state index in [0.717, 1.165) is 16.1 Å². The molecule has 1 spiro atoms. The average Bonchev–Trinajstić information content (AvgIpc) is 4.26. The molecular formula is C61H58N8O10. The number of aliphatic hydroxyl groups is 1. The largest absolute Gasteiger partial charge is 0.491 e. The number of imide groups is 1. The molecule has 5 heterocycles. The molecule has 3 fully saturated rings. The highest BCUT2D eigenvalue weighted by Gasteiger charge is 2.76. The van der Waals surface area contributed by atoms with Crippen molar-refractivity contribution in [2.24, 2.45) is 11.8 Å². The Labute approximate surface area is 456 Å². The molecule has 0 radical (unpaired) electrons. The van der Waals surface area contributed by atoms with Gasteiger partial charge in [0.2, 0.25) is 11.8 Å². The highest BCUT2D eigenvalue weighted by Crippen LogP contribution is 2.66. The van der Waals surface area contributed by atoms with Gasteiger partial charge in [-0.25, -0.2) is 19.2 Å². The van der Waals surface area contributed by atoms with Crippen molar-refractivity contribution in [3.05, 3.63) is 179 Å². The quantitative estimate of drug-likeness (QED) is 0.0794. The Morgan fingerprint density at radius 1 is 0.835 bits per heavy atom. The van der Waals surface area contributed by atoms with E-state index >= 15 is 19.2 Å². The molecule has 402 valence electrons. The van der Waals surface area contributed by atoms with E-state index in [1.165, 1.54) is 7.11 Å². The van der Waals surface area contributed by atoms with Crippen LogP contribution in [-0.2, 0) is 45.3 Å². The molecule has 7 atom stereocenters. The number of nitrogens with zero attached hydrogens (tertiary/aromatic N) is 6. The zero-order valence-corrected chi connectivity index (χ0v) is 43.7. The van der Waals surface area contributed by atoms with E-state index in [2.05, 4.69) is 37.7 Å². The second kappa shape index (κ2) is 22.2. The van der Waals surface area contributed by atoms with Crippen molar-refractivity contribution in [3.63, 3.8) is 0 Å². The molecule has 11 rings (SSSR count). The molecule has 3 saturated heterocycles. The standard InChI is InChI=1S/C61H58N8O10/c1-38(2)51(57(72)76-3)63-60(75)68-47-29-24-39(15-14-30-67-48-22-12-11-21-46(48)64-65-67)37-45(47)61(59(68)74)50(56(71)62-42-25-27-43(28-26-42)66-31-34-77-35-32-66)53-58(73)79-54(41-18-8-5-9-19-41)52(40-16-6-4-7-17-40)69(53)55(61)44-20-10-13-23-49(44)78-36-33-70/h4-13,16-29,37-38,50-55,70H,30-36H2,1-3H3,(H,62,71)(H,63,75). The number of carbonyl (C=O) groups excluding carboxylic acids is 5. The molecule has 6 aromatic carbocycles. The number of carbonyl (C=O) groups is 5. The summed E-state index contributed by atoms with van der Waals surface area (Å²) in [6.07, 6.45) is -1.00. The summed E-state index contributed by atoms with van der Waals surface area (Å²) in [6.45, 7) is 5.59. The first-order valence-electron chi connectivity index (χ1n) is 26.3. The summed E-state index contributed by atoms with van der Waals surface area (Å²) in [4.78, 5) is 82.8. The maximum atomic E-state index is 17.0. The van der Waals surface area contributed by atoms with Crippen molar-refractivity contribution in [1.82, 2.24) is 25.2 Å². The number of aromatic nitrogens is 3. The first-order chi connectivity index (χ1) is 38.5. The number of cyclic esters (lactones) is 1. The lowest BCUT2D eigenvalue weighted by Gasteiger charge is -2.46. The van der Waals surface area contributed by atoms with E-state index in [-0.39, 0.29) is 36.8 Å². The van der Waals surface area contributed by atoms with Gasteiger partial charge in [0.15, 0.2) is 0 Å². The summed E-state index contributed by atoms with van der Waals surface area (Å²) in [7, 11) is 1.21. The fourth-order valence-electron chi connectivity index (χ4n) is 11.8. The van der Waals surface area contributed by atoms with E-state index < -0.39 is 77.3 Å². The molecule has 4 aliphatic heterocycles. The number of para-hydroxylation sites is 2. The van der Waals surface area contributed by atoms with E-state index in [1.54, 1.807) is 73.1 Å². The molecule has 7 unspecified atom stereocenters. The number of rotatable bonds is 13. The molecule has 18 heteroatoms. The van der Waals surface area contributed by atoms with Gasteiger partial charge in [-0.05, 0) is 83.3 Å². The third-order valence-electron chi connectivity index (χ3n) is 15.3. The van der Waals surface area contributed by atoms with Crippen LogP contribution in [0.5, 0.6) is 5.75 Å². The number of urea groups is 1. The van der Waals surface area contributed by atoms with Crippen molar-refractivity contribution >= 4 is 57.9 Å². The monoisotopic (exact) mass is 1060 g/mol. The topological polar surface area (TPSA) is 207 Å². The summed E-state index contributed by atoms with van der Waals surface area (Å²) in [5.41, 5.74) is 2.94. The van der Waals surface area contributed by atoms with Gasteiger partial charge in [0.05, 0.1) is 56.1 Å². The van der Waals surface area contributed by atoms with Crippen LogP contribution in [0.2, 0.25) is 0 Å². The average molecular weight is 1060 g/mol. The Balaban J connectivity index is 1.17. The van der Waals surface area contributed by atoms with Crippen molar-refractivity contribution in [1.29, 1.82) is 0 Å². The number of hydrogen-bond donors (Lipinski definition) is 3. The Kier molecular flexibility index (Phi) is 14.7. The SMILES string of the molecule is COC(=O)C(NC(=O)N1C(=O)C2(c3cc(C#CCn4nnc5ccccc54)ccc31)C(C(=O)Nc1ccc(N3CCOCC3)cc1)C1C(=O)OC(c3ccccc3)C(c3ccccc3)N1C2c1ccccc1OCCO)C(C)C. The van der Waals surface area contributed by atoms with Crippen LogP contribution in [0.15, 0.2) is 152 Å². The molecule has 4 aliphatic rings. The van der Waals surface area contributed by atoms with Crippen LogP contribution < -0.4 is 25.2 Å². The normalized spacial score (nSPS) is 21.9. The van der Waals surface area contributed by atoms with Gasteiger partial charge in [-0.1, -0.05) is 122 Å². The summed E-state index contributed by atoms with van der Waals surface area (Å²) in [6, 6.07) is 39.6. The number of aliphatic hydroxyl groups excluding tert-OH is 1. The van der Waals surface area contributed by atoms with Crippen molar-refractivity contribution < 1.29 is 48.0 Å². The highest BCUT2D eigenvalue weighted by molar-refractivity contribution is 6.25. The third kappa shape index (κ3) is 9.49. The number of esters is 2. The molecule has 1 aromatic heterocycles. The third-order valence-corrected chi connectivity index (χ3v) is 15.3. The molecule has 0 bridgehead atoms. The Bertz CT molecular complexity index is 3490. The lowest BCUT2D eigenvalue weighted by molar-refractivity contribution is -0.178. The van der Waals surface area contributed by atoms with Gasteiger partial charge in [0.1, 0.15) is 48.0 Å². The van der Waals surface area contributed by atoms with Gasteiger partial charge in [0.25, 0.3) is 0 Å². The molecular weight excluding hydrogens is 1000 g/mol. The smallest absolute Gasteiger partial charge is 0.329 e. The predicted molar refractivity (Wildman–Crippen MR) is 293 cm³/mol. The number of hydrogen-bond acceptors (Lipinski definition) is 14. The van der Waals surface area contributed by atoms with Crippen molar-refractivity contribution in [2.45, 2.75) is 56.1 Å². The maximum Gasteiger partial charge on any atom is 0.329 e. The Morgan fingerprint density at radius 3 is 2.25 bits per heavy atom. The minimum absolute atomic E-state index is 0.0817. The van der Waals surface area contributed by atoms with Gasteiger partial charge in [0, 0.05) is 35.6 Å². The van der Waals surface area contributed by atoms with E-state index in [9.17, 15) is 9.90 Å². The van der Waals surface area contributed by atoms with Crippen LogP contribution in [0.1, 0.15) is 59.9 Å². The molecule has 3 N–H and O–H groups in total. The molecule has 0 saturated carbocycles. The minimum atomic E-state index is -2.22. The molecule has 7 aromatic rings. The highest BCUT2D eigenvalue weighted by atomic mass is 16.6. The molecule has 79 heavy (non-hydrogen) atoms. The summed E-state index contributed by atoms with van der Waals surface area (Å²) in [5.74, 6) is 1.43. The van der Waals surface area contributed by atoms with Crippen molar-refractivity contribution in [3.8, 4) is 17.6 Å². The zero-order valence-electron chi connectivity index (χ0n) is 43.7. The van der Waals surface area contributed by atoms with Gasteiger partial charge in [-0.15, -0.1) is 5.10 Å². The van der Waals surface area contributed by atoms with Gasteiger partial charge < -0.3 is 39.6 Å². The van der Waals surface area contributed by atoms with Crippen LogP contribution in [0.4, 0.5) is 21.9 Å². The lowest BCUT2D eigenvalue weighted by Crippen LogP contribution is -2.57. The number of ether oxygens (including phenoxy) is 4. The predicted octanol–water partition coefficient (Wildman–Crippen LogP) is 6.90. The van der Waals surface area contributed by atoms with Crippen LogP contribution in [0.3, 0.4) is 0 Å². The van der Waals surface area contributed by atoms with Gasteiger partial charge >= 0.3 is 18.0 Å². The number of fused-ring (bicyclic) bond motifs is 4. The van der Waals surface area contributed by atoms with Gasteiger partial charge in [-0.2, -0.15) is 0 Å². The number of nitrogens with one attached hydrogen (secondary N) is 2. The summed E-state index contributed by atoms with van der Waals surface area (Å²) < 4.78 is 25.5. The van der Waals surface area contributed by atoms with Gasteiger partial charge in [-0.3, -0.25) is 19.3 Å². The minimum Gasteiger partial charge on any atom is -0.491 e. The maximum absolute atomic E-state index is 17.0. The number of morpholine rings is 2.